The molecule has 3 atom stereocenters. The minimum Gasteiger partial charge on any atom is -0.341 e. The number of sulfonamides is 1. The number of amides is 1. The zero-order valence-corrected chi connectivity index (χ0v) is 17.5. The SMILES string of the molecule is CS(=O)(=O)N[C@@H]1CCN(C(=O)[C@@H]2C[C@H]2c2ccccc2-c2c(F)cccc2Cl)C1. The molecule has 1 aliphatic heterocycles. The Morgan fingerprint density at radius 3 is 2.69 bits per heavy atom. The average molecular weight is 437 g/mol. The summed E-state index contributed by atoms with van der Waals surface area (Å²) in [6.07, 6.45) is 2.43. The number of carbonyl (C=O) groups excluding carboxylic acids is 1. The summed E-state index contributed by atoms with van der Waals surface area (Å²) in [4.78, 5) is 14.7. The fourth-order valence-corrected chi connectivity index (χ4v) is 5.27. The van der Waals surface area contributed by atoms with Gasteiger partial charge in [-0.15, -0.1) is 0 Å². The lowest BCUT2D eigenvalue weighted by Gasteiger charge is -2.17. The van der Waals surface area contributed by atoms with Gasteiger partial charge in [-0.05, 0) is 42.0 Å². The van der Waals surface area contributed by atoms with Gasteiger partial charge in [-0.3, -0.25) is 4.79 Å². The van der Waals surface area contributed by atoms with Crippen molar-refractivity contribution >= 4 is 27.5 Å². The van der Waals surface area contributed by atoms with Gasteiger partial charge < -0.3 is 4.90 Å². The van der Waals surface area contributed by atoms with Crippen LogP contribution in [-0.4, -0.2) is 44.6 Å². The number of likely N-dealkylation sites (tertiary alicyclic amines) is 1. The van der Waals surface area contributed by atoms with Crippen molar-refractivity contribution in [3.63, 3.8) is 0 Å². The summed E-state index contributed by atoms with van der Waals surface area (Å²) in [5.41, 5.74) is 2.00. The molecule has 8 heteroatoms. The molecule has 2 aromatic carbocycles. The number of rotatable bonds is 5. The van der Waals surface area contributed by atoms with Crippen LogP contribution in [0.4, 0.5) is 4.39 Å². The maximum atomic E-state index is 14.5. The van der Waals surface area contributed by atoms with Crippen molar-refractivity contribution in [2.75, 3.05) is 19.3 Å². The van der Waals surface area contributed by atoms with Crippen LogP contribution in [0.1, 0.15) is 24.3 Å². The number of halogens is 2. The van der Waals surface area contributed by atoms with E-state index in [1.165, 1.54) is 6.07 Å². The second-order valence-corrected chi connectivity index (χ2v) is 9.98. The van der Waals surface area contributed by atoms with Gasteiger partial charge in [0.25, 0.3) is 0 Å². The summed E-state index contributed by atoms with van der Waals surface area (Å²) in [7, 11) is -3.30. The average Bonchev–Trinajstić information content (AvgIpc) is 3.32. The Hall–Kier alpha value is -1.96. The maximum Gasteiger partial charge on any atom is 0.226 e. The maximum absolute atomic E-state index is 14.5. The van der Waals surface area contributed by atoms with E-state index >= 15 is 0 Å². The monoisotopic (exact) mass is 436 g/mol. The quantitative estimate of drug-likeness (QED) is 0.781. The lowest BCUT2D eigenvalue weighted by Crippen LogP contribution is -2.38. The summed E-state index contributed by atoms with van der Waals surface area (Å²) in [5, 5.41) is 0.343. The second-order valence-electron chi connectivity index (χ2n) is 7.79. The van der Waals surface area contributed by atoms with E-state index in [1.807, 2.05) is 24.3 Å². The summed E-state index contributed by atoms with van der Waals surface area (Å²) >= 11 is 6.26. The first kappa shape index (κ1) is 20.3. The minimum absolute atomic E-state index is 0.0105. The van der Waals surface area contributed by atoms with E-state index in [0.717, 1.165) is 11.8 Å². The largest absolute Gasteiger partial charge is 0.341 e. The van der Waals surface area contributed by atoms with E-state index in [2.05, 4.69) is 4.72 Å². The van der Waals surface area contributed by atoms with Crippen LogP contribution in [0.25, 0.3) is 11.1 Å². The van der Waals surface area contributed by atoms with E-state index in [1.54, 1.807) is 17.0 Å². The summed E-state index contributed by atoms with van der Waals surface area (Å²) in [6.45, 7) is 0.923. The first-order chi connectivity index (χ1) is 13.7. The topological polar surface area (TPSA) is 66.5 Å². The van der Waals surface area contributed by atoms with E-state index < -0.39 is 10.0 Å². The third-order valence-corrected chi connectivity index (χ3v) is 6.66. The van der Waals surface area contributed by atoms with Gasteiger partial charge in [0.05, 0.1) is 11.3 Å². The predicted molar refractivity (Wildman–Crippen MR) is 111 cm³/mol. The molecule has 0 bridgehead atoms. The van der Waals surface area contributed by atoms with Gasteiger partial charge in [-0.1, -0.05) is 41.9 Å². The van der Waals surface area contributed by atoms with Crippen molar-refractivity contribution in [3.8, 4) is 11.1 Å². The number of nitrogens with one attached hydrogen (secondary N) is 1. The Morgan fingerprint density at radius 1 is 1.21 bits per heavy atom. The number of hydrogen-bond donors (Lipinski definition) is 1. The van der Waals surface area contributed by atoms with Gasteiger partial charge in [-0.25, -0.2) is 17.5 Å². The molecule has 1 N–H and O–H groups in total. The summed E-state index contributed by atoms with van der Waals surface area (Å²) in [5.74, 6) is -0.514. The number of nitrogens with zero attached hydrogens (tertiary/aromatic N) is 1. The highest BCUT2D eigenvalue weighted by Crippen LogP contribution is 2.52. The first-order valence-electron chi connectivity index (χ1n) is 9.54. The molecule has 1 amide bonds. The van der Waals surface area contributed by atoms with Crippen LogP contribution >= 0.6 is 11.6 Å². The van der Waals surface area contributed by atoms with Crippen LogP contribution < -0.4 is 4.72 Å². The lowest BCUT2D eigenvalue weighted by atomic mass is 9.95. The fourth-order valence-electron chi connectivity index (χ4n) is 4.21. The van der Waals surface area contributed by atoms with Gasteiger partial charge in [0.1, 0.15) is 5.82 Å². The van der Waals surface area contributed by atoms with Gasteiger partial charge in [0.15, 0.2) is 0 Å². The molecule has 0 radical (unpaired) electrons. The third-order valence-electron chi connectivity index (χ3n) is 5.58. The van der Waals surface area contributed by atoms with Crippen LogP contribution in [0, 0.1) is 11.7 Å². The molecular weight excluding hydrogens is 415 g/mol. The van der Waals surface area contributed by atoms with Crippen LogP contribution in [0.5, 0.6) is 0 Å². The molecule has 0 aromatic heterocycles. The molecule has 1 saturated carbocycles. The van der Waals surface area contributed by atoms with Crippen molar-refractivity contribution in [2.24, 2.45) is 5.92 Å². The highest BCUT2D eigenvalue weighted by Gasteiger charge is 2.47. The van der Waals surface area contributed by atoms with Crippen molar-refractivity contribution in [3.05, 3.63) is 58.9 Å². The Kier molecular flexibility index (Phi) is 5.40. The Bertz CT molecular complexity index is 1040. The van der Waals surface area contributed by atoms with Gasteiger partial charge >= 0.3 is 0 Å². The molecule has 5 nitrogen and oxygen atoms in total. The van der Waals surface area contributed by atoms with Crippen LogP contribution in [0.2, 0.25) is 5.02 Å². The van der Waals surface area contributed by atoms with Gasteiger partial charge in [-0.2, -0.15) is 0 Å². The highest BCUT2D eigenvalue weighted by molar-refractivity contribution is 7.88. The van der Waals surface area contributed by atoms with Crippen molar-refractivity contribution in [2.45, 2.75) is 24.8 Å². The lowest BCUT2D eigenvalue weighted by molar-refractivity contribution is -0.131. The van der Waals surface area contributed by atoms with E-state index in [4.69, 9.17) is 11.6 Å². The minimum atomic E-state index is -3.30. The molecule has 4 rings (SSSR count). The van der Waals surface area contributed by atoms with E-state index in [-0.39, 0.29) is 29.6 Å². The van der Waals surface area contributed by atoms with E-state index in [9.17, 15) is 17.6 Å². The molecule has 1 heterocycles. The summed E-state index contributed by atoms with van der Waals surface area (Å²) in [6, 6.07) is 11.9. The highest BCUT2D eigenvalue weighted by atomic mass is 35.5. The van der Waals surface area contributed by atoms with Crippen molar-refractivity contribution in [1.29, 1.82) is 0 Å². The van der Waals surface area contributed by atoms with Crippen LogP contribution in [-0.2, 0) is 14.8 Å². The zero-order valence-electron chi connectivity index (χ0n) is 15.9. The Labute approximate surface area is 174 Å². The van der Waals surface area contributed by atoms with Crippen molar-refractivity contribution < 1.29 is 17.6 Å². The molecule has 0 spiro atoms. The third kappa shape index (κ3) is 4.32. The number of hydrogen-bond acceptors (Lipinski definition) is 3. The second kappa shape index (κ2) is 7.70. The van der Waals surface area contributed by atoms with Crippen molar-refractivity contribution in [1.82, 2.24) is 9.62 Å². The predicted octanol–water partition coefficient (Wildman–Crippen LogP) is 3.40. The normalized spacial score (nSPS) is 24.0. The molecule has 1 saturated heterocycles. The molecule has 2 fully saturated rings. The summed E-state index contributed by atoms with van der Waals surface area (Å²) < 4.78 is 39.9. The Morgan fingerprint density at radius 2 is 1.97 bits per heavy atom. The first-order valence-corrected chi connectivity index (χ1v) is 11.8. The van der Waals surface area contributed by atoms with Gasteiger partial charge in [0.2, 0.25) is 15.9 Å². The fraction of sp³-hybridized carbons (Fsp3) is 0.381. The number of carbonyl (C=O) groups is 1. The standard InChI is InChI=1S/C21H22ClFN2O3S/c1-29(27,28)24-13-9-10-25(12-13)21(26)17-11-16(17)14-5-2-3-6-15(14)20-18(22)7-4-8-19(20)23/h2-8,13,16-17,24H,9-12H2,1H3/t13-,16+,17-/m1/s1. The molecule has 154 valence electrons. The molecule has 29 heavy (non-hydrogen) atoms. The zero-order chi connectivity index (χ0) is 20.8. The molecular formula is C21H22ClFN2O3S. The van der Waals surface area contributed by atoms with Crippen LogP contribution in [0.15, 0.2) is 42.5 Å². The molecule has 2 aliphatic rings. The molecule has 2 aromatic rings. The number of benzene rings is 2. The van der Waals surface area contributed by atoms with Crippen LogP contribution in [0.3, 0.4) is 0 Å². The molecule has 0 unspecified atom stereocenters. The van der Waals surface area contributed by atoms with E-state index in [0.29, 0.717) is 42.1 Å². The Balaban J connectivity index is 1.51. The molecule has 1 aliphatic carbocycles. The smallest absolute Gasteiger partial charge is 0.226 e. The van der Waals surface area contributed by atoms with Gasteiger partial charge in [0, 0.05) is 30.6 Å².